The van der Waals surface area contributed by atoms with Gasteiger partial charge in [-0.05, 0) is 24.3 Å². The summed E-state index contributed by atoms with van der Waals surface area (Å²) in [6.07, 6.45) is 0. The van der Waals surface area contributed by atoms with E-state index in [0.29, 0.717) is 29.4 Å². The molecule has 0 aromatic heterocycles. The Balaban J connectivity index is 2.03. The lowest BCUT2D eigenvalue weighted by Gasteiger charge is -2.35. The second-order valence-corrected chi connectivity index (χ2v) is 5.78. The fourth-order valence-corrected chi connectivity index (χ4v) is 3.08. The van der Waals surface area contributed by atoms with Gasteiger partial charge in [0.05, 0.1) is 32.7 Å². The Bertz CT molecular complexity index is 766. The molecule has 0 N–H and O–H groups in total. The summed E-state index contributed by atoms with van der Waals surface area (Å²) in [4.78, 5) is 17.1. The zero-order valence-electron chi connectivity index (χ0n) is 14.9. The first-order valence-corrected chi connectivity index (χ1v) is 8.02. The van der Waals surface area contributed by atoms with Crippen LogP contribution in [0.1, 0.15) is 10.4 Å². The summed E-state index contributed by atoms with van der Waals surface area (Å²) < 4.78 is 16.0. The van der Waals surface area contributed by atoms with Crippen LogP contribution in [0.4, 0.5) is 11.4 Å². The molecule has 0 aliphatic carbocycles. The second kappa shape index (κ2) is 6.93. The standard InChI is InChI=1S/C19H22N2O4/c1-20-9-10-21(15-8-6-5-7-14(15)20)19(22)13-11-16(23-2)18(25-4)17(12-13)24-3/h5-8,11-12H,9-10H2,1-4H3. The van der Waals surface area contributed by atoms with Gasteiger partial charge in [0.15, 0.2) is 11.5 Å². The molecule has 6 nitrogen and oxygen atoms in total. The smallest absolute Gasteiger partial charge is 0.258 e. The lowest BCUT2D eigenvalue weighted by atomic mass is 10.1. The lowest BCUT2D eigenvalue weighted by Crippen LogP contribution is -2.42. The van der Waals surface area contributed by atoms with Crippen LogP contribution in [-0.2, 0) is 0 Å². The fourth-order valence-electron chi connectivity index (χ4n) is 3.08. The number of para-hydroxylation sites is 2. The van der Waals surface area contributed by atoms with Crippen LogP contribution in [0.2, 0.25) is 0 Å². The van der Waals surface area contributed by atoms with Gasteiger partial charge in [-0.1, -0.05) is 12.1 Å². The predicted molar refractivity (Wildman–Crippen MR) is 97.5 cm³/mol. The summed E-state index contributed by atoms with van der Waals surface area (Å²) in [5.74, 6) is 1.31. The first kappa shape index (κ1) is 17.0. The van der Waals surface area contributed by atoms with Gasteiger partial charge in [-0.2, -0.15) is 0 Å². The van der Waals surface area contributed by atoms with Crippen molar-refractivity contribution >= 4 is 17.3 Å². The van der Waals surface area contributed by atoms with Crippen LogP contribution in [-0.4, -0.2) is 47.4 Å². The summed E-state index contributed by atoms with van der Waals surface area (Å²) >= 11 is 0. The minimum absolute atomic E-state index is 0.0974. The molecule has 2 aromatic rings. The number of nitrogens with zero attached hydrogens (tertiary/aromatic N) is 2. The van der Waals surface area contributed by atoms with Gasteiger partial charge in [-0.25, -0.2) is 0 Å². The van der Waals surface area contributed by atoms with E-state index in [2.05, 4.69) is 4.90 Å². The molecule has 0 unspecified atom stereocenters. The Morgan fingerprint density at radius 1 is 0.920 bits per heavy atom. The van der Waals surface area contributed by atoms with E-state index >= 15 is 0 Å². The number of carbonyl (C=O) groups excluding carboxylic acids is 1. The molecule has 0 radical (unpaired) electrons. The highest BCUT2D eigenvalue weighted by molar-refractivity contribution is 6.09. The van der Waals surface area contributed by atoms with Crippen molar-refractivity contribution in [3.8, 4) is 17.2 Å². The highest BCUT2D eigenvalue weighted by atomic mass is 16.5. The number of hydrogen-bond donors (Lipinski definition) is 0. The SMILES string of the molecule is COc1cc(C(=O)N2CCN(C)c3ccccc32)cc(OC)c1OC. The third kappa shape index (κ3) is 2.95. The van der Waals surface area contributed by atoms with E-state index < -0.39 is 0 Å². The highest BCUT2D eigenvalue weighted by Crippen LogP contribution is 2.39. The number of methoxy groups -OCH3 is 3. The zero-order valence-corrected chi connectivity index (χ0v) is 14.9. The maximum Gasteiger partial charge on any atom is 0.258 e. The van der Waals surface area contributed by atoms with Gasteiger partial charge in [0.25, 0.3) is 5.91 Å². The van der Waals surface area contributed by atoms with Crippen molar-refractivity contribution in [2.75, 3.05) is 51.3 Å². The first-order valence-electron chi connectivity index (χ1n) is 8.02. The van der Waals surface area contributed by atoms with E-state index in [1.165, 1.54) is 14.2 Å². The molecule has 0 fully saturated rings. The lowest BCUT2D eigenvalue weighted by molar-refractivity contribution is 0.0986. The van der Waals surface area contributed by atoms with Crippen molar-refractivity contribution in [1.82, 2.24) is 0 Å². The summed E-state index contributed by atoms with van der Waals surface area (Å²) in [6, 6.07) is 11.3. The number of likely N-dealkylation sites (N-methyl/N-ethyl adjacent to an activating group) is 1. The number of rotatable bonds is 4. The molecule has 1 aliphatic heterocycles. The number of anilines is 2. The summed E-state index contributed by atoms with van der Waals surface area (Å²) in [6.45, 7) is 1.39. The molecular formula is C19H22N2O4. The number of fused-ring (bicyclic) bond motifs is 1. The van der Waals surface area contributed by atoms with Gasteiger partial charge in [0, 0.05) is 25.7 Å². The predicted octanol–water partition coefficient (Wildman–Crippen LogP) is 2.81. The van der Waals surface area contributed by atoms with Crippen LogP contribution in [0.25, 0.3) is 0 Å². The van der Waals surface area contributed by atoms with Crippen molar-refractivity contribution in [1.29, 1.82) is 0 Å². The molecule has 3 rings (SSSR count). The minimum Gasteiger partial charge on any atom is -0.493 e. The van der Waals surface area contributed by atoms with Crippen LogP contribution in [0.15, 0.2) is 36.4 Å². The van der Waals surface area contributed by atoms with Gasteiger partial charge < -0.3 is 24.0 Å². The maximum atomic E-state index is 13.2. The number of amides is 1. The molecule has 0 spiro atoms. The van der Waals surface area contributed by atoms with E-state index in [1.807, 2.05) is 31.3 Å². The Morgan fingerprint density at radius 2 is 1.52 bits per heavy atom. The first-order chi connectivity index (χ1) is 12.1. The maximum absolute atomic E-state index is 13.2. The van der Waals surface area contributed by atoms with Crippen molar-refractivity contribution < 1.29 is 19.0 Å². The largest absolute Gasteiger partial charge is 0.493 e. The van der Waals surface area contributed by atoms with E-state index in [4.69, 9.17) is 14.2 Å². The van der Waals surface area contributed by atoms with Crippen LogP contribution in [0.5, 0.6) is 17.2 Å². The van der Waals surface area contributed by atoms with E-state index in [9.17, 15) is 4.79 Å². The van der Waals surface area contributed by atoms with E-state index in [1.54, 1.807) is 24.1 Å². The molecule has 0 saturated carbocycles. The Kier molecular flexibility index (Phi) is 4.70. The third-order valence-electron chi connectivity index (χ3n) is 4.40. The van der Waals surface area contributed by atoms with Crippen molar-refractivity contribution in [2.45, 2.75) is 0 Å². The normalized spacial score (nSPS) is 13.3. The summed E-state index contributed by atoms with van der Waals surface area (Å²) in [5, 5.41) is 0. The number of carbonyl (C=O) groups is 1. The van der Waals surface area contributed by atoms with Gasteiger partial charge >= 0.3 is 0 Å². The molecule has 2 aromatic carbocycles. The fraction of sp³-hybridized carbons (Fsp3) is 0.316. The monoisotopic (exact) mass is 342 g/mol. The van der Waals surface area contributed by atoms with Gasteiger partial charge in [0.2, 0.25) is 5.75 Å². The third-order valence-corrected chi connectivity index (χ3v) is 4.40. The molecule has 1 heterocycles. The Hall–Kier alpha value is -2.89. The molecule has 25 heavy (non-hydrogen) atoms. The Labute approximate surface area is 147 Å². The molecule has 0 atom stereocenters. The van der Waals surface area contributed by atoms with Crippen LogP contribution in [0, 0.1) is 0 Å². The van der Waals surface area contributed by atoms with Crippen molar-refractivity contribution in [2.24, 2.45) is 0 Å². The average Bonchev–Trinajstić information content (AvgIpc) is 2.66. The van der Waals surface area contributed by atoms with Gasteiger partial charge in [0.1, 0.15) is 0 Å². The van der Waals surface area contributed by atoms with Crippen molar-refractivity contribution in [3.63, 3.8) is 0 Å². The van der Waals surface area contributed by atoms with E-state index in [0.717, 1.165) is 17.9 Å². The van der Waals surface area contributed by atoms with E-state index in [-0.39, 0.29) is 5.91 Å². The number of ether oxygens (including phenoxy) is 3. The van der Waals surface area contributed by atoms with Crippen LogP contribution < -0.4 is 24.0 Å². The highest BCUT2D eigenvalue weighted by Gasteiger charge is 2.27. The molecule has 1 aliphatic rings. The molecule has 0 bridgehead atoms. The molecular weight excluding hydrogens is 320 g/mol. The quantitative estimate of drug-likeness (QED) is 0.855. The number of hydrogen-bond acceptors (Lipinski definition) is 5. The molecule has 132 valence electrons. The van der Waals surface area contributed by atoms with Gasteiger partial charge in [-0.3, -0.25) is 4.79 Å². The second-order valence-electron chi connectivity index (χ2n) is 5.78. The molecule has 1 amide bonds. The van der Waals surface area contributed by atoms with Crippen LogP contribution in [0.3, 0.4) is 0 Å². The Morgan fingerprint density at radius 3 is 2.08 bits per heavy atom. The van der Waals surface area contributed by atoms with Gasteiger partial charge in [-0.15, -0.1) is 0 Å². The summed E-state index contributed by atoms with van der Waals surface area (Å²) in [5.41, 5.74) is 2.43. The van der Waals surface area contributed by atoms with Crippen LogP contribution >= 0.6 is 0 Å². The summed E-state index contributed by atoms with van der Waals surface area (Å²) in [7, 11) is 6.64. The zero-order chi connectivity index (χ0) is 18.0. The molecule has 6 heteroatoms. The average molecular weight is 342 g/mol. The van der Waals surface area contributed by atoms with Crippen molar-refractivity contribution in [3.05, 3.63) is 42.0 Å². The minimum atomic E-state index is -0.0974. The topological polar surface area (TPSA) is 51.2 Å². The number of benzene rings is 2. The molecule has 0 saturated heterocycles.